The van der Waals surface area contributed by atoms with Crippen molar-refractivity contribution >= 4 is 5.91 Å². The Labute approximate surface area is 120 Å². The monoisotopic (exact) mass is 276 g/mol. The summed E-state index contributed by atoms with van der Waals surface area (Å²) < 4.78 is 5.60. The molecule has 0 saturated heterocycles. The van der Waals surface area contributed by atoms with Crippen molar-refractivity contribution in [1.29, 1.82) is 0 Å². The van der Waals surface area contributed by atoms with Gasteiger partial charge >= 0.3 is 0 Å². The van der Waals surface area contributed by atoms with Gasteiger partial charge in [-0.1, -0.05) is 32.0 Å². The molecule has 4 heteroatoms. The minimum absolute atomic E-state index is 0.0532. The van der Waals surface area contributed by atoms with Gasteiger partial charge in [0.2, 0.25) is 5.91 Å². The first-order valence-electron chi connectivity index (χ1n) is 7.34. The Morgan fingerprint density at radius 1 is 1.45 bits per heavy atom. The molecule has 3 N–H and O–H groups in total. The molecule has 0 aromatic heterocycles. The summed E-state index contributed by atoms with van der Waals surface area (Å²) in [4.78, 5) is 12.5. The highest BCUT2D eigenvalue weighted by molar-refractivity contribution is 5.85. The Hall–Kier alpha value is -1.55. The molecule has 2 atom stereocenters. The molecule has 0 fully saturated rings. The van der Waals surface area contributed by atoms with E-state index < -0.39 is 0 Å². The molecule has 1 aromatic rings. The van der Waals surface area contributed by atoms with Gasteiger partial charge in [0.1, 0.15) is 5.75 Å². The second-order valence-corrected chi connectivity index (χ2v) is 5.80. The standard InChI is InChI=1S/C16H24N2O2/c1-11(2)9-12(10-17)18-16(19)14-7-8-20-15-6-4-3-5-13(14)15/h3-6,11-12,14H,7-10,17H2,1-2H3,(H,18,19). The van der Waals surface area contributed by atoms with E-state index >= 15 is 0 Å². The normalized spacial score (nSPS) is 19.1. The third-order valence-electron chi connectivity index (χ3n) is 3.66. The van der Waals surface area contributed by atoms with Gasteiger partial charge in [-0.05, 0) is 24.8 Å². The second kappa shape index (κ2) is 6.75. The molecular weight excluding hydrogens is 252 g/mol. The van der Waals surface area contributed by atoms with Gasteiger partial charge in [-0.2, -0.15) is 0 Å². The predicted molar refractivity (Wildman–Crippen MR) is 79.7 cm³/mol. The number of carbonyl (C=O) groups is 1. The third-order valence-corrected chi connectivity index (χ3v) is 3.66. The van der Waals surface area contributed by atoms with Crippen molar-refractivity contribution in [1.82, 2.24) is 5.32 Å². The molecular formula is C16H24N2O2. The number of ether oxygens (including phenoxy) is 1. The molecule has 1 aliphatic rings. The maximum Gasteiger partial charge on any atom is 0.228 e. The maximum atomic E-state index is 12.5. The number of rotatable bonds is 5. The van der Waals surface area contributed by atoms with Gasteiger partial charge in [0, 0.05) is 18.2 Å². The molecule has 1 aromatic carbocycles. The summed E-state index contributed by atoms with van der Waals surface area (Å²) in [7, 11) is 0. The zero-order valence-electron chi connectivity index (χ0n) is 12.3. The van der Waals surface area contributed by atoms with Crippen LogP contribution in [0.4, 0.5) is 0 Å². The molecule has 0 spiro atoms. The maximum absolute atomic E-state index is 12.5. The summed E-state index contributed by atoms with van der Waals surface area (Å²) in [5, 5.41) is 3.09. The summed E-state index contributed by atoms with van der Waals surface area (Å²) in [5.41, 5.74) is 6.74. The van der Waals surface area contributed by atoms with Gasteiger partial charge in [-0.25, -0.2) is 0 Å². The van der Waals surface area contributed by atoms with Crippen molar-refractivity contribution in [3.8, 4) is 5.75 Å². The quantitative estimate of drug-likeness (QED) is 0.865. The van der Waals surface area contributed by atoms with E-state index in [0.717, 1.165) is 24.2 Å². The molecule has 2 unspecified atom stereocenters. The zero-order chi connectivity index (χ0) is 14.5. The van der Waals surface area contributed by atoms with Gasteiger partial charge in [0.25, 0.3) is 0 Å². The highest BCUT2D eigenvalue weighted by Crippen LogP contribution is 2.33. The van der Waals surface area contributed by atoms with Crippen molar-refractivity contribution in [3.05, 3.63) is 29.8 Å². The molecule has 1 heterocycles. The van der Waals surface area contributed by atoms with Crippen LogP contribution in [-0.4, -0.2) is 25.1 Å². The molecule has 0 bridgehead atoms. The van der Waals surface area contributed by atoms with Crippen molar-refractivity contribution in [3.63, 3.8) is 0 Å². The minimum atomic E-state index is -0.124. The summed E-state index contributed by atoms with van der Waals surface area (Å²) in [6.07, 6.45) is 1.63. The number of hydrogen-bond acceptors (Lipinski definition) is 3. The van der Waals surface area contributed by atoms with Crippen LogP contribution in [0.3, 0.4) is 0 Å². The van der Waals surface area contributed by atoms with E-state index in [1.807, 2.05) is 24.3 Å². The molecule has 0 radical (unpaired) electrons. The van der Waals surface area contributed by atoms with Crippen LogP contribution < -0.4 is 15.8 Å². The fourth-order valence-electron chi connectivity index (χ4n) is 2.70. The third kappa shape index (κ3) is 3.51. The van der Waals surface area contributed by atoms with Crippen molar-refractivity contribution in [2.24, 2.45) is 11.7 Å². The summed E-state index contributed by atoms with van der Waals surface area (Å²) in [6, 6.07) is 7.82. The predicted octanol–water partition coefficient (Wildman–Crippen LogP) is 2.04. The van der Waals surface area contributed by atoms with E-state index in [0.29, 0.717) is 19.1 Å². The van der Waals surface area contributed by atoms with Crippen LogP contribution in [0, 0.1) is 5.92 Å². The lowest BCUT2D eigenvalue weighted by molar-refractivity contribution is -0.124. The number of nitrogens with one attached hydrogen (secondary N) is 1. The summed E-state index contributed by atoms with van der Waals surface area (Å²) in [5.74, 6) is 1.29. The number of nitrogens with two attached hydrogens (primary N) is 1. The lowest BCUT2D eigenvalue weighted by atomic mass is 9.91. The van der Waals surface area contributed by atoms with Gasteiger partial charge in [0.05, 0.1) is 12.5 Å². The topological polar surface area (TPSA) is 64.3 Å². The van der Waals surface area contributed by atoms with Crippen LogP contribution in [0.25, 0.3) is 0 Å². The number of carbonyl (C=O) groups excluding carboxylic acids is 1. The first-order valence-corrected chi connectivity index (χ1v) is 7.34. The van der Waals surface area contributed by atoms with Gasteiger partial charge in [0.15, 0.2) is 0 Å². The molecule has 20 heavy (non-hydrogen) atoms. The fourth-order valence-corrected chi connectivity index (χ4v) is 2.70. The highest BCUT2D eigenvalue weighted by Gasteiger charge is 2.28. The Balaban J connectivity index is 2.06. The Morgan fingerprint density at radius 3 is 2.90 bits per heavy atom. The number of para-hydroxylation sites is 1. The number of amides is 1. The van der Waals surface area contributed by atoms with Gasteiger partial charge in [-0.3, -0.25) is 4.79 Å². The molecule has 2 rings (SSSR count). The van der Waals surface area contributed by atoms with Crippen LogP contribution in [0.1, 0.15) is 38.2 Å². The Kier molecular flexibility index (Phi) is 5.01. The number of benzene rings is 1. The van der Waals surface area contributed by atoms with E-state index in [4.69, 9.17) is 10.5 Å². The van der Waals surface area contributed by atoms with E-state index in [-0.39, 0.29) is 17.9 Å². The van der Waals surface area contributed by atoms with Crippen LogP contribution in [-0.2, 0) is 4.79 Å². The fraction of sp³-hybridized carbons (Fsp3) is 0.562. The molecule has 110 valence electrons. The zero-order valence-corrected chi connectivity index (χ0v) is 12.3. The van der Waals surface area contributed by atoms with E-state index in [1.165, 1.54) is 0 Å². The second-order valence-electron chi connectivity index (χ2n) is 5.80. The molecule has 0 saturated carbocycles. The average Bonchev–Trinajstić information content (AvgIpc) is 2.45. The smallest absolute Gasteiger partial charge is 0.228 e. The first-order chi connectivity index (χ1) is 9.61. The van der Waals surface area contributed by atoms with Crippen LogP contribution in [0.5, 0.6) is 5.75 Å². The minimum Gasteiger partial charge on any atom is -0.493 e. The van der Waals surface area contributed by atoms with Gasteiger partial charge < -0.3 is 15.8 Å². The summed E-state index contributed by atoms with van der Waals surface area (Å²) >= 11 is 0. The average molecular weight is 276 g/mol. The molecule has 0 aliphatic carbocycles. The van der Waals surface area contributed by atoms with Gasteiger partial charge in [-0.15, -0.1) is 0 Å². The van der Waals surface area contributed by atoms with Crippen molar-refractivity contribution < 1.29 is 9.53 Å². The van der Waals surface area contributed by atoms with Crippen LogP contribution in [0.2, 0.25) is 0 Å². The van der Waals surface area contributed by atoms with Crippen molar-refractivity contribution in [2.75, 3.05) is 13.2 Å². The van der Waals surface area contributed by atoms with Crippen LogP contribution >= 0.6 is 0 Å². The largest absolute Gasteiger partial charge is 0.493 e. The SMILES string of the molecule is CC(C)CC(CN)NC(=O)C1CCOc2ccccc21. The number of hydrogen-bond donors (Lipinski definition) is 2. The van der Waals surface area contributed by atoms with Crippen molar-refractivity contribution in [2.45, 2.75) is 38.6 Å². The number of fused-ring (bicyclic) bond motifs is 1. The van der Waals surface area contributed by atoms with Crippen LogP contribution in [0.15, 0.2) is 24.3 Å². The van der Waals surface area contributed by atoms with E-state index in [9.17, 15) is 4.79 Å². The molecule has 1 amide bonds. The Bertz CT molecular complexity index is 460. The summed E-state index contributed by atoms with van der Waals surface area (Å²) in [6.45, 7) is 5.35. The Morgan fingerprint density at radius 2 is 2.20 bits per heavy atom. The first kappa shape index (κ1) is 14.9. The molecule has 4 nitrogen and oxygen atoms in total. The lowest BCUT2D eigenvalue weighted by Gasteiger charge is -2.27. The molecule has 1 aliphatic heterocycles. The van der Waals surface area contributed by atoms with E-state index in [1.54, 1.807) is 0 Å². The van der Waals surface area contributed by atoms with E-state index in [2.05, 4.69) is 19.2 Å². The highest BCUT2D eigenvalue weighted by atomic mass is 16.5. The lowest BCUT2D eigenvalue weighted by Crippen LogP contribution is -2.44.